The van der Waals surface area contributed by atoms with Crippen molar-refractivity contribution in [1.82, 2.24) is 0 Å². The van der Waals surface area contributed by atoms with Crippen molar-refractivity contribution in [2.24, 2.45) is 4.99 Å². The van der Waals surface area contributed by atoms with E-state index in [1.165, 1.54) is 36.1 Å². The third kappa shape index (κ3) is 3.71. The lowest BCUT2D eigenvalue weighted by Crippen LogP contribution is -1.86. The largest absolute Gasteiger partial charge is 0.263 e. The van der Waals surface area contributed by atoms with Gasteiger partial charge in [-0.1, -0.05) is 25.8 Å². The van der Waals surface area contributed by atoms with Gasteiger partial charge in [-0.25, -0.2) is 0 Å². The average molecular weight is 221 g/mol. The number of hydrogen-bond donors (Lipinski definition) is 0. The normalized spacial score (nSPS) is 10.3. The Balaban J connectivity index is 2.70. The zero-order valence-corrected chi connectivity index (χ0v) is 10.4. The van der Waals surface area contributed by atoms with Crippen LogP contribution in [-0.4, -0.2) is 13.0 Å². The molecule has 0 spiro atoms. The molecule has 1 aromatic rings. The highest BCUT2D eigenvalue weighted by Crippen LogP contribution is 2.28. The van der Waals surface area contributed by atoms with E-state index in [0.717, 1.165) is 5.69 Å². The van der Waals surface area contributed by atoms with E-state index in [2.05, 4.69) is 43.1 Å². The van der Waals surface area contributed by atoms with Crippen molar-refractivity contribution in [3.8, 4) is 0 Å². The highest BCUT2D eigenvalue weighted by molar-refractivity contribution is 7.98. The fourth-order valence-corrected chi connectivity index (χ4v) is 2.20. The molecule has 0 heterocycles. The molecule has 1 aromatic carbocycles. The molecule has 15 heavy (non-hydrogen) atoms. The SMILES string of the molecule is C=Nc1ccc(CCCCC)cc1SC. The Kier molecular flexibility index (Phi) is 5.48. The van der Waals surface area contributed by atoms with E-state index in [9.17, 15) is 0 Å². The van der Waals surface area contributed by atoms with E-state index >= 15 is 0 Å². The van der Waals surface area contributed by atoms with Crippen LogP contribution in [0.15, 0.2) is 28.1 Å². The second-order valence-corrected chi connectivity index (χ2v) is 4.47. The predicted octanol–water partition coefficient (Wildman–Crippen LogP) is 4.47. The number of nitrogens with zero attached hydrogens (tertiary/aromatic N) is 1. The summed E-state index contributed by atoms with van der Waals surface area (Å²) in [7, 11) is 0. The van der Waals surface area contributed by atoms with Gasteiger partial charge in [0.2, 0.25) is 0 Å². The van der Waals surface area contributed by atoms with Crippen LogP contribution < -0.4 is 0 Å². The second kappa shape index (κ2) is 6.67. The zero-order chi connectivity index (χ0) is 11.1. The van der Waals surface area contributed by atoms with Crippen molar-refractivity contribution in [3.05, 3.63) is 23.8 Å². The van der Waals surface area contributed by atoms with Crippen molar-refractivity contribution in [3.63, 3.8) is 0 Å². The molecule has 82 valence electrons. The van der Waals surface area contributed by atoms with Crippen LogP contribution in [0, 0.1) is 0 Å². The standard InChI is InChI=1S/C13H19NS/c1-4-5-6-7-11-8-9-12(14-2)13(10-11)15-3/h8-10H,2,4-7H2,1,3H3. The van der Waals surface area contributed by atoms with E-state index in [-0.39, 0.29) is 0 Å². The Labute approximate surface area is 97.0 Å². The Bertz CT molecular complexity index is 320. The van der Waals surface area contributed by atoms with Gasteiger partial charge in [-0.2, -0.15) is 0 Å². The third-order valence-corrected chi connectivity index (χ3v) is 3.25. The average Bonchev–Trinajstić information content (AvgIpc) is 2.29. The summed E-state index contributed by atoms with van der Waals surface area (Å²) in [5.74, 6) is 0. The maximum Gasteiger partial charge on any atom is 0.0758 e. The molecule has 0 atom stereocenters. The Hall–Kier alpha value is -0.760. The summed E-state index contributed by atoms with van der Waals surface area (Å²) in [6, 6.07) is 6.48. The zero-order valence-electron chi connectivity index (χ0n) is 9.62. The first kappa shape index (κ1) is 12.3. The summed E-state index contributed by atoms with van der Waals surface area (Å²) in [5, 5.41) is 0. The fraction of sp³-hybridized carbons (Fsp3) is 0.462. The molecule has 0 radical (unpaired) electrons. The molecular weight excluding hydrogens is 202 g/mol. The molecule has 0 N–H and O–H groups in total. The summed E-state index contributed by atoms with van der Waals surface area (Å²) in [5.41, 5.74) is 2.42. The lowest BCUT2D eigenvalue weighted by molar-refractivity contribution is 0.717. The van der Waals surface area contributed by atoms with Gasteiger partial charge in [0.05, 0.1) is 5.69 Å². The van der Waals surface area contributed by atoms with Crippen molar-refractivity contribution in [2.45, 2.75) is 37.5 Å². The van der Waals surface area contributed by atoms with Crippen molar-refractivity contribution < 1.29 is 0 Å². The van der Waals surface area contributed by atoms with Gasteiger partial charge in [-0.15, -0.1) is 11.8 Å². The number of benzene rings is 1. The molecule has 0 saturated heterocycles. The topological polar surface area (TPSA) is 12.4 Å². The van der Waals surface area contributed by atoms with E-state index in [0.29, 0.717) is 0 Å². The van der Waals surface area contributed by atoms with Crippen LogP contribution in [0.3, 0.4) is 0 Å². The van der Waals surface area contributed by atoms with Crippen LogP contribution >= 0.6 is 11.8 Å². The van der Waals surface area contributed by atoms with Gasteiger partial charge in [-0.05, 0) is 43.5 Å². The maximum atomic E-state index is 4.01. The number of hydrogen-bond acceptors (Lipinski definition) is 2. The van der Waals surface area contributed by atoms with Gasteiger partial charge in [-0.3, -0.25) is 4.99 Å². The van der Waals surface area contributed by atoms with E-state index in [1.54, 1.807) is 11.8 Å². The van der Waals surface area contributed by atoms with Crippen LogP contribution in [0.25, 0.3) is 0 Å². The molecular formula is C13H19NS. The number of thioether (sulfide) groups is 1. The summed E-state index contributed by atoms with van der Waals surface area (Å²) in [6.45, 7) is 5.82. The summed E-state index contributed by atoms with van der Waals surface area (Å²) in [4.78, 5) is 5.24. The molecule has 0 unspecified atom stereocenters. The molecule has 0 aliphatic heterocycles. The molecule has 0 saturated carbocycles. The molecule has 0 fully saturated rings. The van der Waals surface area contributed by atoms with E-state index in [1.807, 2.05) is 0 Å². The van der Waals surface area contributed by atoms with E-state index in [4.69, 9.17) is 0 Å². The van der Waals surface area contributed by atoms with Crippen LogP contribution in [0.2, 0.25) is 0 Å². The second-order valence-electron chi connectivity index (χ2n) is 3.62. The van der Waals surface area contributed by atoms with Crippen molar-refractivity contribution >= 4 is 24.2 Å². The van der Waals surface area contributed by atoms with Crippen LogP contribution in [0.1, 0.15) is 31.7 Å². The molecule has 0 aliphatic carbocycles. The maximum absolute atomic E-state index is 4.01. The van der Waals surface area contributed by atoms with Crippen LogP contribution in [0.4, 0.5) is 5.69 Å². The van der Waals surface area contributed by atoms with Gasteiger partial charge in [0, 0.05) is 4.90 Å². The first-order valence-electron chi connectivity index (χ1n) is 5.45. The van der Waals surface area contributed by atoms with Gasteiger partial charge < -0.3 is 0 Å². The number of unbranched alkanes of at least 4 members (excludes halogenated alkanes) is 2. The molecule has 0 amide bonds. The minimum absolute atomic E-state index is 1.00. The number of aryl methyl sites for hydroxylation is 1. The smallest absolute Gasteiger partial charge is 0.0758 e. The Morgan fingerprint density at radius 3 is 2.73 bits per heavy atom. The first-order chi connectivity index (χ1) is 7.31. The minimum atomic E-state index is 1.00. The molecule has 1 rings (SSSR count). The highest BCUT2D eigenvalue weighted by Gasteiger charge is 2.01. The predicted molar refractivity (Wildman–Crippen MR) is 70.7 cm³/mol. The number of rotatable bonds is 6. The summed E-state index contributed by atoms with van der Waals surface area (Å²) in [6.07, 6.45) is 7.14. The Morgan fingerprint density at radius 1 is 1.33 bits per heavy atom. The van der Waals surface area contributed by atoms with Crippen molar-refractivity contribution in [2.75, 3.05) is 6.26 Å². The van der Waals surface area contributed by atoms with E-state index < -0.39 is 0 Å². The number of aliphatic imine (C=N–C) groups is 1. The monoisotopic (exact) mass is 221 g/mol. The quantitative estimate of drug-likeness (QED) is 0.392. The summed E-state index contributed by atoms with van der Waals surface area (Å²) < 4.78 is 0. The minimum Gasteiger partial charge on any atom is -0.263 e. The van der Waals surface area contributed by atoms with Crippen molar-refractivity contribution in [1.29, 1.82) is 0 Å². The molecule has 0 aromatic heterocycles. The summed E-state index contributed by atoms with van der Waals surface area (Å²) >= 11 is 1.74. The van der Waals surface area contributed by atoms with Crippen LogP contribution in [0.5, 0.6) is 0 Å². The van der Waals surface area contributed by atoms with Crippen LogP contribution in [-0.2, 0) is 6.42 Å². The molecule has 2 heteroatoms. The van der Waals surface area contributed by atoms with Gasteiger partial charge in [0.25, 0.3) is 0 Å². The molecule has 1 nitrogen and oxygen atoms in total. The first-order valence-corrected chi connectivity index (χ1v) is 6.68. The van der Waals surface area contributed by atoms with Gasteiger partial charge in [0.1, 0.15) is 0 Å². The Morgan fingerprint density at radius 2 is 2.13 bits per heavy atom. The fourth-order valence-electron chi connectivity index (χ4n) is 1.59. The lowest BCUT2D eigenvalue weighted by Gasteiger charge is -2.06. The molecule has 0 bridgehead atoms. The van der Waals surface area contributed by atoms with Gasteiger partial charge >= 0.3 is 0 Å². The highest BCUT2D eigenvalue weighted by atomic mass is 32.2. The lowest BCUT2D eigenvalue weighted by atomic mass is 10.1. The third-order valence-electron chi connectivity index (χ3n) is 2.48. The molecule has 0 aliphatic rings. The van der Waals surface area contributed by atoms with Gasteiger partial charge in [0.15, 0.2) is 0 Å².